The van der Waals surface area contributed by atoms with Gasteiger partial charge < -0.3 is 14.2 Å². The molecule has 0 aliphatic carbocycles. The van der Waals surface area contributed by atoms with Crippen molar-refractivity contribution in [3.05, 3.63) is 95.1 Å². The molecular weight excluding hydrogens is 410 g/mol. The van der Waals surface area contributed by atoms with Gasteiger partial charge in [0.05, 0.1) is 7.11 Å². The van der Waals surface area contributed by atoms with Crippen molar-refractivity contribution in [1.29, 1.82) is 0 Å². The minimum atomic E-state index is 0.374. The molecule has 0 N–H and O–H groups in total. The van der Waals surface area contributed by atoms with Crippen molar-refractivity contribution in [3.63, 3.8) is 0 Å². The molecule has 0 radical (unpaired) electrons. The third-order valence-corrected chi connectivity index (χ3v) is 7.01. The van der Waals surface area contributed by atoms with E-state index in [1.54, 1.807) is 7.11 Å². The summed E-state index contributed by atoms with van der Waals surface area (Å²) in [6.07, 6.45) is 4.31. The zero-order chi connectivity index (χ0) is 22.5. The fraction of sp³-hybridized carbons (Fsp3) is 0.379. The molecule has 0 saturated carbocycles. The summed E-state index contributed by atoms with van der Waals surface area (Å²) in [6, 6.07) is 26.5. The molecule has 172 valence electrons. The summed E-state index contributed by atoms with van der Waals surface area (Å²) >= 11 is 0. The first-order valence-corrected chi connectivity index (χ1v) is 12.1. The number of ether oxygens (including phenoxy) is 3. The van der Waals surface area contributed by atoms with Crippen molar-refractivity contribution in [2.45, 2.75) is 44.4 Å². The Kier molecular flexibility index (Phi) is 6.94. The lowest BCUT2D eigenvalue weighted by Gasteiger charge is -2.44. The van der Waals surface area contributed by atoms with Crippen molar-refractivity contribution in [2.24, 2.45) is 0 Å². The molecule has 2 aliphatic heterocycles. The van der Waals surface area contributed by atoms with Gasteiger partial charge in [-0.05, 0) is 72.2 Å². The van der Waals surface area contributed by atoms with E-state index >= 15 is 0 Å². The average Bonchev–Trinajstić information content (AvgIpc) is 2.89. The molecule has 3 aromatic rings. The Morgan fingerprint density at radius 1 is 0.879 bits per heavy atom. The van der Waals surface area contributed by atoms with Gasteiger partial charge in [0.1, 0.15) is 18.1 Å². The first kappa shape index (κ1) is 22.0. The Morgan fingerprint density at radius 3 is 2.39 bits per heavy atom. The highest BCUT2D eigenvalue weighted by atomic mass is 16.5. The molecule has 0 bridgehead atoms. The van der Waals surface area contributed by atoms with Gasteiger partial charge >= 0.3 is 0 Å². The van der Waals surface area contributed by atoms with Crippen LogP contribution < -0.4 is 9.47 Å². The second kappa shape index (κ2) is 10.4. The van der Waals surface area contributed by atoms with Crippen LogP contribution in [-0.4, -0.2) is 37.8 Å². The topological polar surface area (TPSA) is 30.9 Å². The van der Waals surface area contributed by atoms with Crippen molar-refractivity contribution in [3.8, 4) is 11.5 Å². The minimum absolute atomic E-state index is 0.374. The van der Waals surface area contributed by atoms with Crippen LogP contribution in [0.2, 0.25) is 0 Å². The van der Waals surface area contributed by atoms with E-state index in [-0.39, 0.29) is 0 Å². The summed E-state index contributed by atoms with van der Waals surface area (Å²) in [7, 11) is 1.75. The van der Waals surface area contributed by atoms with Crippen LogP contribution in [0.1, 0.15) is 41.1 Å². The van der Waals surface area contributed by atoms with E-state index in [4.69, 9.17) is 14.2 Å². The summed E-state index contributed by atoms with van der Waals surface area (Å²) in [4.78, 5) is 2.73. The second-order valence-electron chi connectivity index (χ2n) is 9.03. The highest BCUT2D eigenvalue weighted by Crippen LogP contribution is 2.37. The summed E-state index contributed by atoms with van der Waals surface area (Å²) in [5.41, 5.74) is 5.39. The number of hydrogen-bond donors (Lipinski definition) is 0. The molecule has 0 aromatic heterocycles. The monoisotopic (exact) mass is 443 g/mol. The molecule has 4 nitrogen and oxygen atoms in total. The maximum Gasteiger partial charge on any atom is 0.119 e. The van der Waals surface area contributed by atoms with Gasteiger partial charge in [0.25, 0.3) is 0 Å². The Labute approximate surface area is 197 Å². The lowest BCUT2D eigenvalue weighted by Crippen LogP contribution is -2.46. The molecular formula is C29H33NO3. The lowest BCUT2D eigenvalue weighted by molar-refractivity contribution is 0.0129. The van der Waals surface area contributed by atoms with Crippen LogP contribution in [0, 0.1) is 0 Å². The van der Waals surface area contributed by atoms with Crippen LogP contribution in [0.15, 0.2) is 72.8 Å². The highest BCUT2D eigenvalue weighted by Gasteiger charge is 2.33. The Hall–Kier alpha value is -2.82. The largest absolute Gasteiger partial charge is 0.497 e. The fourth-order valence-electron chi connectivity index (χ4n) is 5.20. The molecule has 1 saturated heterocycles. The van der Waals surface area contributed by atoms with Crippen LogP contribution in [-0.2, 0) is 24.2 Å². The van der Waals surface area contributed by atoms with Gasteiger partial charge in [-0.1, -0.05) is 48.5 Å². The summed E-state index contributed by atoms with van der Waals surface area (Å²) in [5.74, 6) is 1.87. The van der Waals surface area contributed by atoms with Gasteiger partial charge in [0, 0.05) is 31.8 Å². The van der Waals surface area contributed by atoms with E-state index in [1.807, 2.05) is 18.2 Å². The smallest absolute Gasteiger partial charge is 0.119 e. The average molecular weight is 444 g/mol. The van der Waals surface area contributed by atoms with Crippen molar-refractivity contribution in [1.82, 2.24) is 4.90 Å². The van der Waals surface area contributed by atoms with Gasteiger partial charge in [-0.2, -0.15) is 0 Å². The second-order valence-corrected chi connectivity index (χ2v) is 9.03. The van der Waals surface area contributed by atoms with Gasteiger partial charge in [0.2, 0.25) is 0 Å². The molecule has 2 heterocycles. The molecule has 1 atom stereocenters. The molecule has 0 spiro atoms. The Bertz CT molecular complexity index is 1030. The summed E-state index contributed by atoms with van der Waals surface area (Å²) < 4.78 is 17.2. The van der Waals surface area contributed by atoms with Crippen LogP contribution in [0.3, 0.4) is 0 Å². The minimum Gasteiger partial charge on any atom is -0.497 e. The molecule has 1 unspecified atom stereocenters. The number of methoxy groups -OCH3 is 1. The zero-order valence-electron chi connectivity index (χ0n) is 19.4. The number of nitrogens with zero attached hydrogens (tertiary/aromatic N) is 1. The van der Waals surface area contributed by atoms with Gasteiger partial charge in [-0.25, -0.2) is 0 Å². The molecule has 2 aliphatic rings. The standard InChI is InChI=1S/C29H33NO3/c1-31-27-11-12-28-24(20-27)13-16-30(25-14-17-32-18-15-25)29(28)19-22-7-9-26(10-8-22)33-21-23-5-3-2-4-6-23/h2-12,20,25,29H,13-19,21H2,1H3. The van der Waals surface area contributed by atoms with E-state index in [0.717, 1.165) is 56.9 Å². The fourth-order valence-corrected chi connectivity index (χ4v) is 5.20. The number of hydrogen-bond acceptors (Lipinski definition) is 4. The molecule has 33 heavy (non-hydrogen) atoms. The summed E-state index contributed by atoms with van der Waals surface area (Å²) in [6.45, 7) is 3.43. The summed E-state index contributed by atoms with van der Waals surface area (Å²) in [5, 5.41) is 0. The van der Waals surface area contributed by atoms with Crippen molar-refractivity contribution >= 4 is 0 Å². The highest BCUT2D eigenvalue weighted by molar-refractivity contribution is 5.40. The molecule has 5 rings (SSSR count). The van der Waals surface area contributed by atoms with Gasteiger partial charge in [-0.15, -0.1) is 0 Å². The third-order valence-electron chi connectivity index (χ3n) is 7.01. The van der Waals surface area contributed by atoms with E-state index in [9.17, 15) is 0 Å². The number of rotatable bonds is 7. The maximum atomic E-state index is 6.00. The molecule has 0 amide bonds. The first-order valence-electron chi connectivity index (χ1n) is 12.1. The predicted molar refractivity (Wildman–Crippen MR) is 131 cm³/mol. The number of fused-ring (bicyclic) bond motifs is 1. The van der Waals surface area contributed by atoms with E-state index in [2.05, 4.69) is 59.5 Å². The Morgan fingerprint density at radius 2 is 1.64 bits per heavy atom. The van der Waals surface area contributed by atoms with Crippen LogP contribution in [0.4, 0.5) is 0 Å². The molecule has 4 heteroatoms. The first-order chi connectivity index (χ1) is 16.3. The van der Waals surface area contributed by atoms with Crippen LogP contribution in [0.25, 0.3) is 0 Å². The van der Waals surface area contributed by atoms with Crippen molar-refractivity contribution < 1.29 is 14.2 Å². The zero-order valence-corrected chi connectivity index (χ0v) is 19.4. The lowest BCUT2D eigenvalue weighted by atomic mass is 9.86. The van der Waals surface area contributed by atoms with Gasteiger partial charge in [-0.3, -0.25) is 4.90 Å². The number of benzene rings is 3. The van der Waals surface area contributed by atoms with Gasteiger partial charge in [0.15, 0.2) is 0 Å². The van der Waals surface area contributed by atoms with Crippen LogP contribution in [0.5, 0.6) is 11.5 Å². The molecule has 3 aromatic carbocycles. The normalized spacial score (nSPS) is 19.1. The SMILES string of the molecule is COc1ccc2c(c1)CCN(C1CCOCC1)C2Cc1ccc(OCc2ccccc2)cc1. The van der Waals surface area contributed by atoms with E-state index < -0.39 is 0 Å². The van der Waals surface area contributed by atoms with Crippen molar-refractivity contribution in [2.75, 3.05) is 26.9 Å². The van der Waals surface area contributed by atoms with E-state index in [0.29, 0.717) is 18.7 Å². The van der Waals surface area contributed by atoms with Crippen LogP contribution >= 0.6 is 0 Å². The maximum absolute atomic E-state index is 6.00. The third kappa shape index (κ3) is 5.23. The predicted octanol–water partition coefficient (Wildman–Crippen LogP) is 5.60. The van der Waals surface area contributed by atoms with E-state index in [1.165, 1.54) is 22.3 Å². The quantitative estimate of drug-likeness (QED) is 0.476. The Balaban J connectivity index is 1.33. The molecule has 1 fully saturated rings.